The number of amides is 1. The Bertz CT molecular complexity index is 897. The van der Waals surface area contributed by atoms with E-state index in [-0.39, 0.29) is 10.7 Å². The summed E-state index contributed by atoms with van der Waals surface area (Å²) in [6.45, 7) is 3.87. The van der Waals surface area contributed by atoms with Gasteiger partial charge in [-0.25, -0.2) is 0 Å². The number of hydrogen-bond acceptors (Lipinski definition) is 6. The van der Waals surface area contributed by atoms with Crippen LogP contribution in [0.25, 0.3) is 0 Å². The summed E-state index contributed by atoms with van der Waals surface area (Å²) in [5.74, 6) is -0.793. The summed E-state index contributed by atoms with van der Waals surface area (Å²) in [6, 6.07) is 8.17. The van der Waals surface area contributed by atoms with Crippen molar-refractivity contribution in [1.82, 2.24) is 5.32 Å². The maximum absolute atomic E-state index is 12.2. The third kappa shape index (κ3) is 4.57. The lowest BCUT2D eigenvalue weighted by atomic mass is 10.1. The summed E-state index contributed by atoms with van der Waals surface area (Å²) >= 11 is 5.05. The lowest BCUT2D eigenvalue weighted by Gasteiger charge is -2.11. The predicted octanol–water partition coefficient (Wildman–Crippen LogP) is 3.25. The largest absolute Gasteiger partial charge is 0.332 e. The van der Waals surface area contributed by atoms with Crippen molar-refractivity contribution in [3.63, 3.8) is 0 Å². The third-order valence-electron chi connectivity index (χ3n) is 3.58. The van der Waals surface area contributed by atoms with Crippen molar-refractivity contribution >= 4 is 40.3 Å². The maximum Gasteiger partial charge on any atom is 0.277 e. The molecule has 0 saturated carbocycles. The molecule has 2 aromatic carbocycles. The minimum atomic E-state index is -0.810. The number of anilines is 1. The average molecular weight is 374 g/mol. The molecule has 0 bridgehead atoms. The molecule has 9 nitrogen and oxygen atoms in total. The van der Waals surface area contributed by atoms with Gasteiger partial charge < -0.3 is 5.32 Å². The summed E-state index contributed by atoms with van der Waals surface area (Å²) in [4.78, 5) is 32.4. The van der Waals surface area contributed by atoms with E-state index in [1.807, 2.05) is 26.0 Å². The van der Waals surface area contributed by atoms with E-state index in [1.54, 1.807) is 6.07 Å². The van der Waals surface area contributed by atoms with Crippen LogP contribution >= 0.6 is 12.2 Å². The summed E-state index contributed by atoms with van der Waals surface area (Å²) in [5.41, 5.74) is 1.42. The molecule has 0 aliphatic carbocycles. The van der Waals surface area contributed by atoms with Gasteiger partial charge in [-0.2, -0.15) is 0 Å². The SMILES string of the molecule is Cc1ccc(NC(=S)NC(=O)c2cc([N+](=O)[O-])cc([N+](=O)[O-])c2)cc1C. The monoisotopic (exact) mass is 374 g/mol. The molecule has 0 saturated heterocycles. The highest BCUT2D eigenvalue weighted by Crippen LogP contribution is 2.22. The molecule has 26 heavy (non-hydrogen) atoms. The fraction of sp³-hybridized carbons (Fsp3) is 0.125. The molecule has 0 atom stereocenters. The molecule has 2 rings (SSSR count). The molecule has 0 aliphatic rings. The van der Waals surface area contributed by atoms with E-state index < -0.39 is 27.1 Å². The van der Waals surface area contributed by atoms with E-state index in [1.165, 1.54) is 0 Å². The lowest BCUT2D eigenvalue weighted by molar-refractivity contribution is -0.394. The first-order valence-electron chi connectivity index (χ1n) is 7.31. The molecule has 0 radical (unpaired) electrons. The molecule has 0 aliphatic heterocycles. The molecule has 134 valence electrons. The normalized spacial score (nSPS) is 10.1. The second-order valence-electron chi connectivity index (χ2n) is 5.46. The minimum absolute atomic E-state index is 0.0348. The van der Waals surface area contributed by atoms with Crippen molar-refractivity contribution in [3.05, 3.63) is 73.3 Å². The minimum Gasteiger partial charge on any atom is -0.332 e. The standard InChI is InChI=1S/C16H14N4O5S/c1-9-3-4-12(5-10(9)2)17-16(26)18-15(21)11-6-13(19(22)23)8-14(7-11)20(24)25/h3-8H,1-2H3,(H2,17,18,21,26). The van der Waals surface area contributed by atoms with E-state index in [0.29, 0.717) is 5.69 Å². The number of nitrogens with one attached hydrogen (secondary N) is 2. The Morgan fingerprint density at radius 1 is 0.962 bits per heavy atom. The number of aryl methyl sites for hydroxylation is 2. The highest BCUT2D eigenvalue weighted by Gasteiger charge is 2.20. The first kappa shape index (κ1) is 18.9. The number of nitro groups is 2. The van der Waals surface area contributed by atoms with Crippen molar-refractivity contribution < 1.29 is 14.6 Å². The molecule has 1 amide bonds. The lowest BCUT2D eigenvalue weighted by Crippen LogP contribution is -2.34. The van der Waals surface area contributed by atoms with Crippen LogP contribution in [0, 0.1) is 34.1 Å². The van der Waals surface area contributed by atoms with Crippen LogP contribution < -0.4 is 10.6 Å². The fourth-order valence-electron chi connectivity index (χ4n) is 2.09. The smallest absolute Gasteiger partial charge is 0.277 e. The van der Waals surface area contributed by atoms with Crippen LogP contribution in [0.3, 0.4) is 0 Å². The zero-order valence-electron chi connectivity index (χ0n) is 13.8. The second kappa shape index (κ2) is 7.66. The number of nitro benzene ring substituents is 2. The van der Waals surface area contributed by atoms with E-state index in [2.05, 4.69) is 10.6 Å². The second-order valence-corrected chi connectivity index (χ2v) is 5.87. The summed E-state index contributed by atoms with van der Waals surface area (Å²) in [7, 11) is 0. The van der Waals surface area contributed by atoms with Gasteiger partial charge >= 0.3 is 0 Å². The average Bonchev–Trinajstić information content (AvgIpc) is 2.57. The van der Waals surface area contributed by atoms with Gasteiger partial charge in [0.15, 0.2) is 5.11 Å². The Labute approximate surface area is 153 Å². The van der Waals surface area contributed by atoms with Crippen molar-refractivity contribution in [1.29, 1.82) is 0 Å². The Kier molecular flexibility index (Phi) is 5.58. The molecule has 0 aromatic heterocycles. The number of thiocarbonyl (C=S) groups is 1. The Balaban J connectivity index is 2.18. The van der Waals surface area contributed by atoms with E-state index in [0.717, 1.165) is 29.3 Å². The molecule has 0 fully saturated rings. The van der Waals surface area contributed by atoms with Gasteiger partial charge in [0, 0.05) is 17.8 Å². The quantitative estimate of drug-likeness (QED) is 0.477. The van der Waals surface area contributed by atoms with Crippen molar-refractivity contribution in [2.45, 2.75) is 13.8 Å². The molecule has 2 N–H and O–H groups in total. The van der Waals surface area contributed by atoms with E-state index in [9.17, 15) is 25.0 Å². The summed E-state index contributed by atoms with van der Waals surface area (Å²) in [5, 5.41) is 26.9. The molecular weight excluding hydrogens is 360 g/mol. The van der Waals surface area contributed by atoms with Crippen LogP contribution in [0.4, 0.5) is 17.1 Å². The first-order valence-corrected chi connectivity index (χ1v) is 7.71. The van der Waals surface area contributed by atoms with Crippen molar-refractivity contribution in [2.75, 3.05) is 5.32 Å². The maximum atomic E-state index is 12.2. The van der Waals surface area contributed by atoms with Gasteiger partial charge in [-0.05, 0) is 49.3 Å². The zero-order chi connectivity index (χ0) is 19.4. The number of hydrogen-bond donors (Lipinski definition) is 2. The van der Waals surface area contributed by atoms with E-state index in [4.69, 9.17) is 12.2 Å². The number of non-ortho nitro benzene ring substituents is 2. The van der Waals surface area contributed by atoms with Gasteiger partial charge in [0.1, 0.15) is 0 Å². The fourth-order valence-corrected chi connectivity index (χ4v) is 2.30. The van der Waals surface area contributed by atoms with Gasteiger partial charge in [0.25, 0.3) is 17.3 Å². The van der Waals surface area contributed by atoms with Crippen molar-refractivity contribution in [2.24, 2.45) is 0 Å². The third-order valence-corrected chi connectivity index (χ3v) is 3.78. The highest BCUT2D eigenvalue weighted by atomic mass is 32.1. The summed E-state index contributed by atoms with van der Waals surface area (Å²) in [6.07, 6.45) is 0. The number of rotatable bonds is 4. The molecule has 2 aromatic rings. The van der Waals surface area contributed by atoms with Crippen LogP contribution in [0.2, 0.25) is 0 Å². The molecule has 0 heterocycles. The molecule has 10 heteroatoms. The predicted molar refractivity (Wildman–Crippen MR) is 99.4 cm³/mol. The Morgan fingerprint density at radius 2 is 1.54 bits per heavy atom. The van der Waals surface area contributed by atoms with Gasteiger partial charge in [-0.15, -0.1) is 0 Å². The Morgan fingerprint density at radius 3 is 2.04 bits per heavy atom. The van der Waals surface area contributed by atoms with Gasteiger partial charge in [0.05, 0.1) is 21.5 Å². The summed E-state index contributed by atoms with van der Waals surface area (Å²) < 4.78 is 0. The van der Waals surface area contributed by atoms with E-state index >= 15 is 0 Å². The topological polar surface area (TPSA) is 127 Å². The van der Waals surface area contributed by atoms with Crippen LogP contribution in [-0.4, -0.2) is 20.9 Å². The number of carbonyl (C=O) groups is 1. The van der Waals surface area contributed by atoms with Gasteiger partial charge in [-0.1, -0.05) is 6.07 Å². The van der Waals surface area contributed by atoms with Crippen LogP contribution in [0.1, 0.15) is 21.5 Å². The van der Waals surface area contributed by atoms with Gasteiger partial charge in [-0.3, -0.25) is 30.3 Å². The first-order chi connectivity index (χ1) is 12.2. The van der Waals surface area contributed by atoms with Gasteiger partial charge in [0.2, 0.25) is 0 Å². The number of carbonyl (C=O) groups excluding carboxylic acids is 1. The molecule has 0 spiro atoms. The van der Waals surface area contributed by atoms with Crippen LogP contribution in [-0.2, 0) is 0 Å². The molecule has 0 unspecified atom stereocenters. The zero-order valence-corrected chi connectivity index (χ0v) is 14.6. The Hall–Kier alpha value is -3.40. The number of nitrogens with zero attached hydrogens (tertiary/aromatic N) is 2. The van der Waals surface area contributed by atoms with Crippen LogP contribution in [0.15, 0.2) is 36.4 Å². The number of benzene rings is 2. The molecular formula is C16H14N4O5S. The van der Waals surface area contributed by atoms with Crippen molar-refractivity contribution in [3.8, 4) is 0 Å². The highest BCUT2D eigenvalue weighted by molar-refractivity contribution is 7.80. The van der Waals surface area contributed by atoms with Crippen LogP contribution in [0.5, 0.6) is 0 Å².